The number of allylic oxidation sites excluding steroid dienone is 2. The van der Waals surface area contributed by atoms with Crippen molar-refractivity contribution in [2.75, 3.05) is 19.6 Å². The molecule has 1 aliphatic rings. The van der Waals surface area contributed by atoms with Crippen LogP contribution in [0.3, 0.4) is 0 Å². The van der Waals surface area contributed by atoms with E-state index in [0.717, 1.165) is 18.7 Å². The zero-order valence-electron chi connectivity index (χ0n) is 20.1. The largest absolute Gasteiger partial charge is 0.477 e. The second-order valence-electron chi connectivity index (χ2n) is 8.98. The van der Waals surface area contributed by atoms with Crippen LogP contribution in [0.1, 0.15) is 110 Å². The highest BCUT2D eigenvalue weighted by Gasteiger charge is 2.36. The van der Waals surface area contributed by atoms with Crippen molar-refractivity contribution in [3.05, 3.63) is 24.6 Å². The van der Waals surface area contributed by atoms with E-state index in [2.05, 4.69) is 24.1 Å². The average Bonchev–Trinajstić information content (AvgIpc) is 3.11. The molecule has 0 fully saturated rings. The fraction of sp³-hybridized carbons (Fsp3) is 0.769. The predicted octanol–water partition coefficient (Wildman–Crippen LogP) is 6.55. The summed E-state index contributed by atoms with van der Waals surface area (Å²) in [6, 6.07) is 0. The first-order valence-electron chi connectivity index (χ1n) is 12.8. The summed E-state index contributed by atoms with van der Waals surface area (Å²) in [4.78, 5) is 15.7. The molecule has 0 aromatic carbocycles. The maximum atomic E-state index is 11.3. The standard InChI is InChI=1S/C26H47N3O2/c1-2-3-4-5-6-7-8-9-10-11-12-13-14-15-16-17-18-19-25-28-21-23-29(25,22-20-27)24-26(30)31/h5-6,21,23H,2-4,7-20,22,24,27H2,1H3/p+1/b6-5+. The summed E-state index contributed by atoms with van der Waals surface area (Å²) in [6.45, 7) is 3.36. The van der Waals surface area contributed by atoms with Crippen LogP contribution in [0.15, 0.2) is 29.5 Å². The Morgan fingerprint density at radius 3 is 2.03 bits per heavy atom. The van der Waals surface area contributed by atoms with E-state index in [-0.39, 0.29) is 6.54 Å². The van der Waals surface area contributed by atoms with Crippen molar-refractivity contribution in [1.82, 2.24) is 0 Å². The van der Waals surface area contributed by atoms with Crippen molar-refractivity contribution in [3.8, 4) is 0 Å². The van der Waals surface area contributed by atoms with Crippen LogP contribution >= 0.6 is 0 Å². The molecule has 1 unspecified atom stereocenters. The average molecular weight is 435 g/mol. The van der Waals surface area contributed by atoms with Crippen molar-refractivity contribution in [1.29, 1.82) is 0 Å². The SMILES string of the molecule is CCCC/C=C/CCCCCCCCCCCCCC1=NC=C[N+]1(CCN)CC(=O)O. The summed E-state index contributed by atoms with van der Waals surface area (Å²) in [5.74, 6) is 0.163. The second-order valence-corrected chi connectivity index (χ2v) is 8.98. The third-order valence-corrected chi connectivity index (χ3v) is 6.20. The molecule has 5 nitrogen and oxygen atoms in total. The number of rotatable bonds is 21. The first kappa shape index (κ1) is 27.6. The van der Waals surface area contributed by atoms with Gasteiger partial charge in [-0.1, -0.05) is 89.7 Å². The molecule has 0 saturated heterocycles. The molecular weight excluding hydrogens is 386 g/mol. The van der Waals surface area contributed by atoms with E-state index in [1.54, 1.807) is 6.20 Å². The van der Waals surface area contributed by atoms with Crippen molar-refractivity contribution in [3.63, 3.8) is 0 Å². The number of carboxylic acid groups (broad SMARTS) is 1. The lowest BCUT2D eigenvalue weighted by Gasteiger charge is -2.30. The molecule has 0 spiro atoms. The number of nitrogens with two attached hydrogens (primary N) is 1. The Balaban J connectivity index is 1.95. The number of unbranched alkanes of at least 4 members (excludes halogenated alkanes) is 13. The van der Waals surface area contributed by atoms with Crippen molar-refractivity contribution >= 4 is 11.8 Å². The van der Waals surface area contributed by atoms with Gasteiger partial charge in [-0.15, -0.1) is 0 Å². The van der Waals surface area contributed by atoms with Gasteiger partial charge in [-0.2, -0.15) is 0 Å². The number of quaternary nitrogens is 1. The Morgan fingerprint density at radius 2 is 1.48 bits per heavy atom. The molecule has 0 radical (unpaired) electrons. The first-order chi connectivity index (χ1) is 15.1. The van der Waals surface area contributed by atoms with Gasteiger partial charge in [0.1, 0.15) is 12.7 Å². The molecule has 1 rings (SSSR count). The number of nitrogens with zero attached hydrogens (tertiary/aromatic N) is 2. The molecule has 1 atom stereocenters. The van der Waals surface area contributed by atoms with E-state index >= 15 is 0 Å². The van der Waals surface area contributed by atoms with Crippen molar-refractivity contribution in [2.45, 2.75) is 110 Å². The molecule has 1 heterocycles. The van der Waals surface area contributed by atoms with Gasteiger partial charge in [-0.25, -0.2) is 14.3 Å². The normalized spacial score (nSPS) is 18.2. The van der Waals surface area contributed by atoms with Crippen molar-refractivity contribution < 1.29 is 14.4 Å². The smallest absolute Gasteiger partial charge is 0.360 e. The zero-order chi connectivity index (χ0) is 22.6. The van der Waals surface area contributed by atoms with E-state index in [1.165, 1.54) is 89.9 Å². The number of aliphatic imine (C=N–C) groups is 1. The molecule has 178 valence electrons. The quantitative estimate of drug-likeness (QED) is 0.122. The monoisotopic (exact) mass is 434 g/mol. The maximum Gasteiger partial charge on any atom is 0.360 e. The summed E-state index contributed by atoms with van der Waals surface area (Å²) in [6.07, 6.45) is 28.8. The molecule has 1 aliphatic heterocycles. The Labute approximate surface area is 191 Å². The van der Waals surface area contributed by atoms with Gasteiger partial charge in [-0.3, -0.25) is 0 Å². The topological polar surface area (TPSA) is 75.7 Å². The number of hydrogen-bond acceptors (Lipinski definition) is 3. The molecule has 0 aliphatic carbocycles. The highest BCUT2D eigenvalue weighted by molar-refractivity contribution is 5.81. The van der Waals surface area contributed by atoms with E-state index < -0.39 is 5.97 Å². The van der Waals surface area contributed by atoms with E-state index in [1.807, 2.05) is 6.20 Å². The van der Waals surface area contributed by atoms with Crippen LogP contribution in [-0.4, -0.2) is 41.0 Å². The number of hydrogen-bond donors (Lipinski definition) is 2. The van der Waals surface area contributed by atoms with Gasteiger partial charge in [0.2, 0.25) is 5.84 Å². The Kier molecular flexibility index (Phi) is 16.1. The Hall–Kier alpha value is -1.46. The molecule has 0 saturated carbocycles. The maximum absolute atomic E-state index is 11.3. The van der Waals surface area contributed by atoms with E-state index in [4.69, 9.17) is 5.73 Å². The lowest BCUT2D eigenvalue weighted by molar-refractivity contribution is -0.778. The van der Waals surface area contributed by atoms with Crippen LogP contribution in [0.4, 0.5) is 0 Å². The van der Waals surface area contributed by atoms with Crippen LogP contribution < -0.4 is 5.73 Å². The summed E-state index contributed by atoms with van der Waals surface area (Å²) >= 11 is 0. The van der Waals surface area contributed by atoms with E-state index in [0.29, 0.717) is 17.6 Å². The van der Waals surface area contributed by atoms with Crippen LogP contribution in [-0.2, 0) is 4.79 Å². The minimum Gasteiger partial charge on any atom is -0.477 e. The molecule has 0 aromatic rings. The molecule has 31 heavy (non-hydrogen) atoms. The summed E-state index contributed by atoms with van der Waals surface area (Å²) in [5, 5.41) is 9.26. The summed E-state index contributed by atoms with van der Waals surface area (Å²) in [7, 11) is 0. The van der Waals surface area contributed by atoms with Gasteiger partial charge in [0.25, 0.3) is 0 Å². The molecule has 5 heteroatoms. The first-order valence-corrected chi connectivity index (χ1v) is 12.8. The van der Waals surface area contributed by atoms with Crippen LogP contribution in [0.2, 0.25) is 0 Å². The Bertz CT molecular complexity index is 557. The second kappa shape index (κ2) is 18.1. The molecule has 3 N–H and O–H groups in total. The van der Waals surface area contributed by atoms with Crippen molar-refractivity contribution in [2.24, 2.45) is 10.7 Å². The minimum absolute atomic E-state index is 0.0438. The minimum atomic E-state index is -0.799. The Morgan fingerprint density at radius 1 is 0.935 bits per heavy atom. The summed E-state index contributed by atoms with van der Waals surface area (Å²) < 4.78 is 0.307. The third-order valence-electron chi connectivity index (χ3n) is 6.20. The van der Waals surface area contributed by atoms with Gasteiger partial charge in [0, 0.05) is 13.0 Å². The van der Waals surface area contributed by atoms with Gasteiger partial charge in [-0.05, 0) is 25.7 Å². The number of aliphatic carboxylic acids is 1. The zero-order valence-corrected chi connectivity index (χ0v) is 20.1. The molecular formula is C26H48N3O2+. The van der Waals surface area contributed by atoms with Gasteiger partial charge < -0.3 is 10.8 Å². The molecule has 0 bridgehead atoms. The predicted molar refractivity (Wildman–Crippen MR) is 132 cm³/mol. The van der Waals surface area contributed by atoms with Crippen LogP contribution in [0.25, 0.3) is 0 Å². The van der Waals surface area contributed by atoms with E-state index in [9.17, 15) is 9.90 Å². The fourth-order valence-corrected chi connectivity index (χ4v) is 4.33. The lowest BCUT2D eigenvalue weighted by Crippen LogP contribution is -2.52. The van der Waals surface area contributed by atoms with Gasteiger partial charge in [0.15, 0.2) is 6.54 Å². The number of carbonyl (C=O) groups is 1. The molecule has 0 aromatic heterocycles. The third kappa shape index (κ3) is 12.9. The van der Waals surface area contributed by atoms with Gasteiger partial charge >= 0.3 is 5.97 Å². The summed E-state index contributed by atoms with van der Waals surface area (Å²) in [5.41, 5.74) is 5.73. The number of carboxylic acids is 1. The molecule has 0 amide bonds. The van der Waals surface area contributed by atoms with Crippen LogP contribution in [0, 0.1) is 0 Å². The van der Waals surface area contributed by atoms with Gasteiger partial charge in [0.05, 0.1) is 6.20 Å². The highest BCUT2D eigenvalue weighted by Crippen LogP contribution is 2.21. The highest BCUT2D eigenvalue weighted by atomic mass is 16.4. The fourth-order valence-electron chi connectivity index (χ4n) is 4.33. The van der Waals surface area contributed by atoms with Crippen LogP contribution in [0.5, 0.6) is 0 Å². The number of amidine groups is 1. The lowest BCUT2D eigenvalue weighted by atomic mass is 10.0.